The minimum absolute atomic E-state index is 0.273. The van der Waals surface area contributed by atoms with Crippen molar-refractivity contribution in [3.63, 3.8) is 0 Å². The first-order valence-electron chi connectivity index (χ1n) is 10.1. The van der Waals surface area contributed by atoms with Crippen LogP contribution in [0.1, 0.15) is 72.6 Å². The number of likely N-dealkylation sites (tertiary alicyclic amines) is 1. The van der Waals surface area contributed by atoms with Gasteiger partial charge in [0.2, 0.25) is 5.91 Å². The second-order valence-corrected chi connectivity index (χ2v) is 10.6. The average Bonchev–Trinajstić information content (AvgIpc) is 2.74. The van der Waals surface area contributed by atoms with Crippen molar-refractivity contribution in [3.05, 3.63) is 0 Å². The fourth-order valence-electron chi connectivity index (χ4n) is 7.89. The summed E-state index contributed by atoms with van der Waals surface area (Å²) in [5.41, 5.74) is 0.110. The van der Waals surface area contributed by atoms with Gasteiger partial charge >= 0.3 is 0 Å². The molecule has 0 radical (unpaired) electrons. The molecule has 1 heterocycles. The van der Waals surface area contributed by atoms with E-state index in [1.807, 2.05) is 7.05 Å². The van der Waals surface area contributed by atoms with Gasteiger partial charge in [0, 0.05) is 19.5 Å². The first-order valence-corrected chi connectivity index (χ1v) is 10.1. The maximum absolute atomic E-state index is 12.3. The van der Waals surface area contributed by atoms with Crippen LogP contribution in [0.5, 0.6) is 0 Å². The van der Waals surface area contributed by atoms with Crippen LogP contribution < -0.4 is 0 Å². The standard InChI is InChI=1S/C21H35NO2/c1-13-10-16-21(4,9-7-17(23)22(16)5)14-6-8-19(2)12-20(3,24)11-15(19)18(13)14/h13-16,18,24H,6-12H2,1-5H3/t13?,14?,15?,16?,18?,19-,20+,21-/m1/s1. The van der Waals surface area contributed by atoms with E-state index in [1.54, 1.807) is 0 Å². The van der Waals surface area contributed by atoms with Gasteiger partial charge in [-0.15, -0.1) is 0 Å². The second-order valence-electron chi connectivity index (χ2n) is 10.6. The molecule has 0 aromatic rings. The smallest absolute Gasteiger partial charge is 0.222 e. The molecule has 1 saturated heterocycles. The van der Waals surface area contributed by atoms with Crippen molar-refractivity contribution in [2.24, 2.45) is 34.5 Å². The van der Waals surface area contributed by atoms with Crippen LogP contribution >= 0.6 is 0 Å². The summed E-state index contributed by atoms with van der Waals surface area (Å²) in [6.45, 7) is 9.38. The van der Waals surface area contributed by atoms with E-state index >= 15 is 0 Å². The van der Waals surface area contributed by atoms with E-state index in [0.29, 0.717) is 35.1 Å². The number of carbonyl (C=O) groups is 1. The second kappa shape index (κ2) is 4.99. The zero-order valence-corrected chi connectivity index (χ0v) is 16.1. The van der Waals surface area contributed by atoms with Gasteiger partial charge in [-0.25, -0.2) is 0 Å². The van der Waals surface area contributed by atoms with Gasteiger partial charge < -0.3 is 10.0 Å². The molecule has 3 heteroatoms. The minimum atomic E-state index is -0.481. The Morgan fingerprint density at radius 1 is 1.17 bits per heavy atom. The Hall–Kier alpha value is -0.570. The van der Waals surface area contributed by atoms with Crippen molar-refractivity contribution in [3.8, 4) is 0 Å². The molecule has 0 aromatic carbocycles. The Kier molecular flexibility index (Phi) is 3.51. The largest absolute Gasteiger partial charge is 0.390 e. The molecule has 136 valence electrons. The number of amides is 1. The maximum Gasteiger partial charge on any atom is 0.222 e. The molecule has 3 saturated carbocycles. The van der Waals surface area contributed by atoms with Crippen molar-refractivity contribution < 1.29 is 9.90 Å². The molecule has 8 atom stereocenters. The Morgan fingerprint density at radius 3 is 2.58 bits per heavy atom. The molecule has 3 nitrogen and oxygen atoms in total. The topological polar surface area (TPSA) is 40.5 Å². The zero-order valence-electron chi connectivity index (χ0n) is 16.1. The van der Waals surface area contributed by atoms with Crippen LogP contribution in [-0.2, 0) is 4.79 Å². The summed E-state index contributed by atoms with van der Waals surface area (Å²) in [7, 11) is 2.03. The molecule has 0 bridgehead atoms. The van der Waals surface area contributed by atoms with Crippen molar-refractivity contribution in [1.29, 1.82) is 0 Å². The highest BCUT2D eigenvalue weighted by molar-refractivity contribution is 5.77. The van der Waals surface area contributed by atoms with Gasteiger partial charge in [0.05, 0.1) is 5.60 Å². The van der Waals surface area contributed by atoms with Crippen LogP contribution in [0.15, 0.2) is 0 Å². The molecular formula is C21H35NO2. The summed E-state index contributed by atoms with van der Waals surface area (Å²) in [4.78, 5) is 14.3. The van der Waals surface area contributed by atoms with Gasteiger partial charge in [0.1, 0.15) is 0 Å². The Morgan fingerprint density at radius 2 is 1.88 bits per heavy atom. The van der Waals surface area contributed by atoms with Crippen molar-refractivity contribution in [2.45, 2.75) is 84.3 Å². The van der Waals surface area contributed by atoms with E-state index in [1.165, 1.54) is 12.8 Å². The summed E-state index contributed by atoms with van der Waals surface area (Å²) < 4.78 is 0. The van der Waals surface area contributed by atoms with Crippen LogP contribution in [0, 0.1) is 34.5 Å². The number of hydrogen-bond acceptors (Lipinski definition) is 2. The molecule has 1 amide bonds. The molecule has 3 aliphatic carbocycles. The molecule has 24 heavy (non-hydrogen) atoms. The number of rotatable bonds is 0. The highest BCUT2D eigenvalue weighted by atomic mass is 16.3. The van der Waals surface area contributed by atoms with Crippen LogP contribution in [0.25, 0.3) is 0 Å². The fourth-order valence-corrected chi connectivity index (χ4v) is 7.89. The van der Waals surface area contributed by atoms with Crippen LogP contribution in [0.2, 0.25) is 0 Å². The highest BCUT2D eigenvalue weighted by Gasteiger charge is 2.63. The normalized spacial score (nSPS) is 57.3. The summed E-state index contributed by atoms with van der Waals surface area (Å²) in [5, 5.41) is 10.8. The third-order valence-electron chi connectivity index (χ3n) is 8.89. The molecular weight excluding hydrogens is 298 g/mol. The van der Waals surface area contributed by atoms with Gasteiger partial charge in [-0.05, 0) is 80.0 Å². The molecule has 1 aliphatic heterocycles. The quantitative estimate of drug-likeness (QED) is 0.731. The lowest BCUT2D eigenvalue weighted by Crippen LogP contribution is -2.62. The van der Waals surface area contributed by atoms with E-state index in [-0.39, 0.29) is 5.41 Å². The molecule has 4 aliphatic rings. The van der Waals surface area contributed by atoms with Crippen molar-refractivity contribution >= 4 is 5.91 Å². The Balaban J connectivity index is 1.70. The number of nitrogens with zero attached hydrogens (tertiary/aromatic N) is 1. The zero-order chi connectivity index (χ0) is 17.5. The highest BCUT2D eigenvalue weighted by Crippen LogP contribution is 2.67. The monoisotopic (exact) mass is 333 g/mol. The van der Waals surface area contributed by atoms with Crippen molar-refractivity contribution in [1.82, 2.24) is 4.90 Å². The predicted molar refractivity (Wildman–Crippen MR) is 95.3 cm³/mol. The van der Waals surface area contributed by atoms with E-state index in [2.05, 4.69) is 32.6 Å². The molecule has 0 aromatic heterocycles. The van der Waals surface area contributed by atoms with Crippen LogP contribution in [0.3, 0.4) is 0 Å². The number of aliphatic hydroxyl groups is 1. The van der Waals surface area contributed by atoms with Gasteiger partial charge in [0.25, 0.3) is 0 Å². The van der Waals surface area contributed by atoms with Crippen LogP contribution in [0.4, 0.5) is 0 Å². The van der Waals surface area contributed by atoms with Gasteiger partial charge in [0.15, 0.2) is 0 Å². The molecule has 1 N–H and O–H groups in total. The SMILES string of the molecule is CC1CC2N(C)C(=O)CC[C@]2(C)C2CC[C@]3(C)C[C@@](C)(O)CC3C12. The number of fused-ring (bicyclic) bond motifs is 5. The van der Waals surface area contributed by atoms with Gasteiger partial charge in [-0.3, -0.25) is 4.79 Å². The van der Waals surface area contributed by atoms with E-state index in [9.17, 15) is 9.90 Å². The molecule has 0 spiro atoms. The number of carbonyl (C=O) groups excluding carboxylic acids is 1. The van der Waals surface area contributed by atoms with Crippen molar-refractivity contribution in [2.75, 3.05) is 7.05 Å². The predicted octanol–water partition coefficient (Wildman–Crippen LogP) is 3.85. The van der Waals surface area contributed by atoms with Gasteiger partial charge in [-0.1, -0.05) is 20.8 Å². The van der Waals surface area contributed by atoms with E-state index in [0.717, 1.165) is 38.0 Å². The Bertz CT molecular complexity index is 558. The Labute approximate surface area is 147 Å². The lowest BCUT2D eigenvalue weighted by atomic mass is 9.45. The summed E-state index contributed by atoms with van der Waals surface area (Å²) >= 11 is 0. The average molecular weight is 334 g/mol. The number of hydrogen-bond donors (Lipinski definition) is 1. The molecule has 5 unspecified atom stereocenters. The minimum Gasteiger partial charge on any atom is -0.390 e. The van der Waals surface area contributed by atoms with Gasteiger partial charge in [-0.2, -0.15) is 0 Å². The fraction of sp³-hybridized carbons (Fsp3) is 0.952. The summed E-state index contributed by atoms with van der Waals surface area (Å²) in [5.74, 6) is 3.09. The maximum atomic E-state index is 12.3. The third-order valence-corrected chi connectivity index (χ3v) is 8.89. The third kappa shape index (κ3) is 2.15. The van der Waals surface area contributed by atoms with E-state index in [4.69, 9.17) is 0 Å². The number of piperidine rings is 1. The first kappa shape index (κ1) is 16.9. The molecule has 4 fully saturated rings. The molecule has 4 rings (SSSR count). The lowest BCUT2D eigenvalue weighted by Gasteiger charge is -2.63. The summed E-state index contributed by atoms with van der Waals surface area (Å²) in [6.07, 6.45) is 7.42. The van der Waals surface area contributed by atoms with Crippen LogP contribution in [-0.4, -0.2) is 34.6 Å². The lowest BCUT2D eigenvalue weighted by molar-refractivity contribution is -0.164. The summed E-state index contributed by atoms with van der Waals surface area (Å²) in [6, 6.07) is 0.418. The first-order chi connectivity index (χ1) is 11.1. The van der Waals surface area contributed by atoms with E-state index < -0.39 is 5.60 Å².